The number of esters is 1. The van der Waals surface area contributed by atoms with Gasteiger partial charge in [0.05, 0.1) is 24.9 Å². The Morgan fingerprint density at radius 3 is 2.52 bits per heavy atom. The second-order valence-corrected chi connectivity index (χ2v) is 6.55. The number of fused-ring (bicyclic) bond motifs is 2. The van der Waals surface area contributed by atoms with Gasteiger partial charge in [-0.1, -0.05) is 30.3 Å². The average Bonchev–Trinajstić information content (AvgIpc) is 2.78. The molecular formula is C21H24N2O2. The highest BCUT2D eigenvalue weighted by Crippen LogP contribution is 2.26. The summed E-state index contributed by atoms with van der Waals surface area (Å²) >= 11 is 0. The zero-order chi connectivity index (χ0) is 17.8. The Morgan fingerprint density at radius 2 is 1.80 bits per heavy atom. The van der Waals surface area contributed by atoms with Gasteiger partial charge in [-0.3, -0.25) is 4.99 Å². The van der Waals surface area contributed by atoms with Crippen LogP contribution in [0.4, 0.5) is 0 Å². The van der Waals surface area contributed by atoms with Crippen LogP contribution < -0.4 is 0 Å². The third-order valence-corrected chi connectivity index (χ3v) is 4.54. The van der Waals surface area contributed by atoms with E-state index in [1.807, 2.05) is 32.3 Å². The van der Waals surface area contributed by atoms with Crippen molar-refractivity contribution in [2.45, 2.75) is 12.8 Å². The normalized spacial score (nSPS) is 14.8. The lowest BCUT2D eigenvalue weighted by atomic mass is 9.96. The van der Waals surface area contributed by atoms with Gasteiger partial charge in [0.15, 0.2) is 0 Å². The SMILES string of the molecule is COC(=O)c1ccc2c(c1)/C(=N/CCN(C)C)c1ccccc1CC2. The molecule has 0 saturated carbocycles. The van der Waals surface area contributed by atoms with Crippen LogP contribution in [-0.2, 0) is 17.6 Å². The number of carbonyl (C=O) groups is 1. The van der Waals surface area contributed by atoms with Crippen molar-refractivity contribution in [2.75, 3.05) is 34.3 Å². The van der Waals surface area contributed by atoms with E-state index in [4.69, 9.17) is 9.73 Å². The smallest absolute Gasteiger partial charge is 0.337 e. The van der Waals surface area contributed by atoms with Crippen LogP contribution in [0, 0.1) is 0 Å². The number of methoxy groups -OCH3 is 1. The number of nitrogens with zero attached hydrogens (tertiary/aromatic N) is 2. The van der Waals surface area contributed by atoms with E-state index in [1.54, 1.807) is 0 Å². The molecule has 1 aliphatic rings. The fourth-order valence-electron chi connectivity index (χ4n) is 3.18. The first-order chi connectivity index (χ1) is 12.1. The zero-order valence-electron chi connectivity index (χ0n) is 15.1. The summed E-state index contributed by atoms with van der Waals surface area (Å²) in [4.78, 5) is 19.0. The van der Waals surface area contributed by atoms with Crippen LogP contribution in [0.15, 0.2) is 47.5 Å². The Bertz CT molecular complexity index is 809. The monoisotopic (exact) mass is 336 g/mol. The molecule has 130 valence electrons. The van der Waals surface area contributed by atoms with E-state index in [1.165, 1.54) is 23.8 Å². The molecule has 1 aliphatic carbocycles. The highest BCUT2D eigenvalue weighted by Gasteiger charge is 2.20. The second-order valence-electron chi connectivity index (χ2n) is 6.55. The van der Waals surface area contributed by atoms with Gasteiger partial charge in [-0.2, -0.15) is 0 Å². The number of aliphatic imine (C=N–C) groups is 1. The maximum atomic E-state index is 12.0. The van der Waals surface area contributed by atoms with Crippen molar-refractivity contribution in [3.8, 4) is 0 Å². The van der Waals surface area contributed by atoms with Crippen LogP contribution in [0.25, 0.3) is 0 Å². The first-order valence-electron chi connectivity index (χ1n) is 8.59. The molecule has 0 unspecified atom stereocenters. The van der Waals surface area contributed by atoms with E-state index in [2.05, 4.69) is 29.2 Å². The molecule has 0 saturated heterocycles. The number of aryl methyl sites for hydroxylation is 2. The van der Waals surface area contributed by atoms with Crippen molar-refractivity contribution < 1.29 is 9.53 Å². The molecule has 3 rings (SSSR count). The molecule has 0 fully saturated rings. The number of likely N-dealkylation sites (N-methyl/N-ethyl adjacent to an activating group) is 1. The molecule has 0 bridgehead atoms. The van der Waals surface area contributed by atoms with Crippen molar-refractivity contribution in [2.24, 2.45) is 4.99 Å². The topological polar surface area (TPSA) is 41.9 Å². The summed E-state index contributed by atoms with van der Waals surface area (Å²) in [6, 6.07) is 14.2. The Hall–Kier alpha value is -2.46. The van der Waals surface area contributed by atoms with Crippen LogP contribution in [0.1, 0.15) is 32.6 Å². The minimum Gasteiger partial charge on any atom is -0.465 e. The quantitative estimate of drug-likeness (QED) is 0.806. The van der Waals surface area contributed by atoms with Crippen molar-refractivity contribution in [3.63, 3.8) is 0 Å². The highest BCUT2D eigenvalue weighted by molar-refractivity contribution is 6.15. The molecule has 0 amide bonds. The summed E-state index contributed by atoms with van der Waals surface area (Å²) < 4.78 is 4.89. The summed E-state index contributed by atoms with van der Waals surface area (Å²) in [7, 11) is 5.50. The summed E-state index contributed by atoms with van der Waals surface area (Å²) in [5, 5.41) is 0. The number of carbonyl (C=O) groups excluding carboxylic acids is 1. The molecule has 0 spiro atoms. The molecular weight excluding hydrogens is 312 g/mol. The van der Waals surface area contributed by atoms with E-state index in [0.29, 0.717) is 5.56 Å². The summed E-state index contributed by atoms with van der Waals surface area (Å²) in [5.41, 5.74) is 6.31. The molecule has 0 aromatic heterocycles. The molecule has 0 atom stereocenters. The largest absolute Gasteiger partial charge is 0.465 e. The van der Waals surface area contributed by atoms with Crippen molar-refractivity contribution in [3.05, 3.63) is 70.3 Å². The summed E-state index contributed by atoms with van der Waals surface area (Å²) in [5.74, 6) is -0.312. The maximum absolute atomic E-state index is 12.0. The number of hydrogen-bond donors (Lipinski definition) is 0. The minimum absolute atomic E-state index is 0.312. The molecule has 4 nitrogen and oxygen atoms in total. The predicted octanol–water partition coefficient (Wildman–Crippen LogP) is 2.97. The Labute approximate surface area is 149 Å². The average molecular weight is 336 g/mol. The summed E-state index contributed by atoms with van der Waals surface area (Å²) in [6.45, 7) is 1.61. The molecule has 0 radical (unpaired) electrons. The third kappa shape index (κ3) is 3.80. The van der Waals surface area contributed by atoms with Gasteiger partial charge in [-0.15, -0.1) is 0 Å². The number of ether oxygens (including phenoxy) is 1. The first-order valence-corrected chi connectivity index (χ1v) is 8.59. The second kappa shape index (κ2) is 7.62. The lowest BCUT2D eigenvalue weighted by Gasteiger charge is -2.13. The molecule has 25 heavy (non-hydrogen) atoms. The van der Waals surface area contributed by atoms with Gasteiger partial charge in [0, 0.05) is 17.7 Å². The van der Waals surface area contributed by atoms with Crippen molar-refractivity contribution in [1.29, 1.82) is 0 Å². The Kier molecular flexibility index (Phi) is 5.29. The van der Waals surface area contributed by atoms with E-state index in [9.17, 15) is 4.79 Å². The fourth-order valence-corrected chi connectivity index (χ4v) is 3.18. The first kappa shape index (κ1) is 17.4. The number of hydrogen-bond acceptors (Lipinski definition) is 4. The van der Waals surface area contributed by atoms with Gasteiger partial charge >= 0.3 is 5.97 Å². The standard InChI is InChI=1S/C21H24N2O2/c1-23(2)13-12-22-20-18-7-5-4-6-15(18)8-9-16-10-11-17(14-19(16)20)21(24)25-3/h4-7,10-11,14H,8-9,12-13H2,1-3H3/b22-20+. The molecule has 0 aliphatic heterocycles. The summed E-state index contributed by atoms with van der Waals surface area (Å²) in [6.07, 6.45) is 1.92. The molecule has 0 heterocycles. The predicted molar refractivity (Wildman–Crippen MR) is 101 cm³/mol. The number of benzene rings is 2. The van der Waals surface area contributed by atoms with Crippen LogP contribution >= 0.6 is 0 Å². The molecule has 4 heteroatoms. The maximum Gasteiger partial charge on any atom is 0.337 e. The fraction of sp³-hybridized carbons (Fsp3) is 0.333. The van der Waals surface area contributed by atoms with Crippen LogP contribution in [0.5, 0.6) is 0 Å². The van der Waals surface area contributed by atoms with Crippen LogP contribution in [0.2, 0.25) is 0 Å². The van der Waals surface area contributed by atoms with Crippen molar-refractivity contribution in [1.82, 2.24) is 4.90 Å². The van der Waals surface area contributed by atoms with Gasteiger partial charge in [0.2, 0.25) is 0 Å². The van der Waals surface area contributed by atoms with Gasteiger partial charge in [0.1, 0.15) is 0 Å². The van der Waals surface area contributed by atoms with E-state index in [-0.39, 0.29) is 5.97 Å². The van der Waals surface area contributed by atoms with Gasteiger partial charge in [-0.25, -0.2) is 4.79 Å². The van der Waals surface area contributed by atoms with Gasteiger partial charge in [0.25, 0.3) is 0 Å². The van der Waals surface area contributed by atoms with E-state index < -0.39 is 0 Å². The third-order valence-electron chi connectivity index (χ3n) is 4.54. The molecule has 2 aromatic rings. The zero-order valence-corrected chi connectivity index (χ0v) is 15.1. The highest BCUT2D eigenvalue weighted by atomic mass is 16.5. The van der Waals surface area contributed by atoms with Gasteiger partial charge in [-0.05, 0) is 50.2 Å². The lowest BCUT2D eigenvalue weighted by Crippen LogP contribution is -2.17. The van der Waals surface area contributed by atoms with E-state index in [0.717, 1.165) is 37.2 Å². The lowest BCUT2D eigenvalue weighted by molar-refractivity contribution is 0.0600. The Morgan fingerprint density at radius 1 is 1.08 bits per heavy atom. The Balaban J connectivity index is 2.11. The minimum atomic E-state index is -0.312. The van der Waals surface area contributed by atoms with Crippen molar-refractivity contribution >= 4 is 11.7 Å². The van der Waals surface area contributed by atoms with Crippen LogP contribution in [0.3, 0.4) is 0 Å². The van der Waals surface area contributed by atoms with E-state index >= 15 is 0 Å². The molecule has 2 aromatic carbocycles. The molecule has 0 N–H and O–H groups in total. The van der Waals surface area contributed by atoms with Gasteiger partial charge < -0.3 is 9.64 Å². The number of rotatable bonds is 4. The van der Waals surface area contributed by atoms with Crippen LogP contribution in [-0.4, -0.2) is 50.9 Å².